The van der Waals surface area contributed by atoms with Crippen LogP contribution in [0.25, 0.3) is 0 Å². The number of ether oxygens (including phenoxy) is 1. The van der Waals surface area contributed by atoms with Crippen molar-refractivity contribution in [3.8, 4) is 5.75 Å². The van der Waals surface area contributed by atoms with Gasteiger partial charge in [0.1, 0.15) is 5.75 Å². The van der Waals surface area contributed by atoms with Crippen LogP contribution in [0.3, 0.4) is 0 Å². The third-order valence-corrected chi connectivity index (χ3v) is 3.17. The first-order chi connectivity index (χ1) is 7.66. The van der Waals surface area contributed by atoms with Gasteiger partial charge >= 0.3 is 5.97 Å². The van der Waals surface area contributed by atoms with Crippen molar-refractivity contribution in [3.63, 3.8) is 0 Å². The monoisotopic (exact) mass is 392 g/mol. The molecule has 0 aliphatic rings. The molecular weight excluding hydrogens is 387 g/mol. The number of nitrogens with one attached hydrogen (secondary N) is 1. The normalized spacial score (nSPS) is 10.1. The SMILES string of the molecule is O=C(Oc1ccc(Br)cc1)c1[nH]ncc1I. The van der Waals surface area contributed by atoms with Crippen LogP contribution in [0.5, 0.6) is 5.75 Å². The van der Waals surface area contributed by atoms with Gasteiger partial charge in [-0.1, -0.05) is 15.9 Å². The molecule has 16 heavy (non-hydrogen) atoms. The molecule has 0 bridgehead atoms. The minimum absolute atomic E-state index is 0.364. The lowest BCUT2D eigenvalue weighted by Gasteiger charge is -2.02. The maximum atomic E-state index is 11.7. The number of benzene rings is 1. The topological polar surface area (TPSA) is 55.0 Å². The van der Waals surface area contributed by atoms with Gasteiger partial charge in [0, 0.05) is 4.47 Å². The molecule has 1 N–H and O–H groups in total. The van der Waals surface area contributed by atoms with Gasteiger partial charge in [-0.15, -0.1) is 0 Å². The Morgan fingerprint density at radius 2 is 2.06 bits per heavy atom. The van der Waals surface area contributed by atoms with Gasteiger partial charge in [0.25, 0.3) is 0 Å². The molecule has 0 radical (unpaired) electrons. The van der Waals surface area contributed by atoms with Gasteiger partial charge in [0.2, 0.25) is 0 Å². The van der Waals surface area contributed by atoms with Crippen molar-refractivity contribution in [1.29, 1.82) is 0 Å². The number of rotatable bonds is 2. The van der Waals surface area contributed by atoms with E-state index in [9.17, 15) is 4.79 Å². The van der Waals surface area contributed by atoms with E-state index < -0.39 is 5.97 Å². The van der Waals surface area contributed by atoms with E-state index in [-0.39, 0.29) is 0 Å². The largest absolute Gasteiger partial charge is 0.422 e. The Balaban J connectivity index is 2.14. The molecule has 0 aliphatic carbocycles. The zero-order valence-electron chi connectivity index (χ0n) is 7.91. The van der Waals surface area contributed by atoms with Gasteiger partial charge in [-0.2, -0.15) is 5.10 Å². The number of esters is 1. The van der Waals surface area contributed by atoms with Crippen molar-refractivity contribution in [2.75, 3.05) is 0 Å². The summed E-state index contributed by atoms with van der Waals surface area (Å²) in [4.78, 5) is 11.7. The highest BCUT2D eigenvalue weighted by atomic mass is 127. The van der Waals surface area contributed by atoms with E-state index in [1.54, 1.807) is 30.5 Å². The lowest BCUT2D eigenvalue weighted by atomic mass is 10.3. The van der Waals surface area contributed by atoms with Gasteiger partial charge in [0.05, 0.1) is 9.77 Å². The predicted octanol–water partition coefficient (Wildman–Crippen LogP) is 3.00. The average molecular weight is 393 g/mol. The second-order valence-corrected chi connectivity index (χ2v) is 5.01. The van der Waals surface area contributed by atoms with Crippen molar-refractivity contribution >= 4 is 44.5 Å². The molecule has 0 saturated heterocycles. The number of halogens is 2. The summed E-state index contributed by atoms with van der Waals surface area (Å²) in [7, 11) is 0. The highest BCUT2D eigenvalue weighted by Crippen LogP contribution is 2.18. The summed E-state index contributed by atoms with van der Waals surface area (Å²) >= 11 is 5.32. The van der Waals surface area contributed by atoms with Gasteiger partial charge in [-0.25, -0.2) is 4.79 Å². The van der Waals surface area contributed by atoms with E-state index in [0.29, 0.717) is 11.4 Å². The van der Waals surface area contributed by atoms with Crippen LogP contribution in [-0.4, -0.2) is 16.2 Å². The molecule has 0 fully saturated rings. The van der Waals surface area contributed by atoms with Crippen LogP contribution >= 0.6 is 38.5 Å². The molecule has 1 aromatic heterocycles. The first kappa shape index (κ1) is 11.6. The third-order valence-electron chi connectivity index (χ3n) is 1.82. The van der Waals surface area contributed by atoms with Crippen molar-refractivity contribution in [2.24, 2.45) is 0 Å². The molecule has 0 unspecified atom stereocenters. The van der Waals surface area contributed by atoms with Gasteiger partial charge < -0.3 is 4.74 Å². The molecule has 0 amide bonds. The summed E-state index contributed by atoms with van der Waals surface area (Å²) in [5, 5.41) is 6.35. The summed E-state index contributed by atoms with van der Waals surface area (Å²) in [6, 6.07) is 7.04. The molecule has 0 saturated carbocycles. The fourth-order valence-corrected chi connectivity index (χ4v) is 1.82. The standard InChI is InChI=1S/C10H6BrIN2O2/c11-6-1-3-7(4-2-6)16-10(15)9-8(12)5-13-14-9/h1-5H,(H,13,14). The second kappa shape index (κ2) is 4.96. The quantitative estimate of drug-likeness (QED) is 0.485. The van der Waals surface area contributed by atoms with Crippen molar-refractivity contribution in [1.82, 2.24) is 10.2 Å². The van der Waals surface area contributed by atoms with E-state index in [0.717, 1.165) is 8.04 Å². The molecular formula is C10H6BrIN2O2. The van der Waals surface area contributed by atoms with Crippen LogP contribution in [0.1, 0.15) is 10.5 Å². The van der Waals surface area contributed by atoms with Crippen LogP contribution in [0, 0.1) is 3.57 Å². The maximum absolute atomic E-state index is 11.7. The van der Waals surface area contributed by atoms with Crippen LogP contribution in [0.2, 0.25) is 0 Å². The lowest BCUT2D eigenvalue weighted by molar-refractivity contribution is 0.0727. The number of aromatic amines is 1. The summed E-state index contributed by atoms with van der Waals surface area (Å²) < 4.78 is 6.83. The van der Waals surface area contributed by atoms with Crippen molar-refractivity contribution < 1.29 is 9.53 Å². The van der Waals surface area contributed by atoms with Crippen LogP contribution < -0.4 is 4.74 Å². The number of aromatic nitrogens is 2. The number of carbonyl (C=O) groups is 1. The molecule has 2 rings (SSSR count). The fourth-order valence-electron chi connectivity index (χ4n) is 1.08. The number of hydrogen-bond acceptors (Lipinski definition) is 3. The Morgan fingerprint density at radius 3 is 2.62 bits per heavy atom. The summed E-state index contributed by atoms with van der Waals surface area (Å²) in [6.45, 7) is 0. The zero-order chi connectivity index (χ0) is 11.5. The Labute approximate surface area is 114 Å². The smallest absolute Gasteiger partial charge is 0.362 e. The third kappa shape index (κ3) is 2.62. The Bertz CT molecular complexity index is 510. The minimum atomic E-state index is -0.441. The molecule has 0 aliphatic heterocycles. The van der Waals surface area contributed by atoms with Gasteiger partial charge in [-0.05, 0) is 46.9 Å². The van der Waals surface area contributed by atoms with Crippen LogP contribution in [-0.2, 0) is 0 Å². The van der Waals surface area contributed by atoms with Crippen LogP contribution in [0.15, 0.2) is 34.9 Å². The molecule has 6 heteroatoms. The van der Waals surface area contributed by atoms with Crippen LogP contribution in [0.4, 0.5) is 0 Å². The fraction of sp³-hybridized carbons (Fsp3) is 0. The Morgan fingerprint density at radius 1 is 1.38 bits per heavy atom. The molecule has 2 aromatic rings. The number of carbonyl (C=O) groups excluding carboxylic acids is 1. The average Bonchev–Trinajstić information content (AvgIpc) is 2.68. The number of H-pyrrole nitrogens is 1. The Kier molecular flexibility index (Phi) is 3.59. The molecule has 1 heterocycles. The summed E-state index contributed by atoms with van der Waals surface area (Å²) in [5.74, 6) is 0.0582. The zero-order valence-corrected chi connectivity index (χ0v) is 11.6. The molecule has 0 atom stereocenters. The first-order valence-corrected chi connectivity index (χ1v) is 6.20. The second-order valence-electron chi connectivity index (χ2n) is 2.94. The number of hydrogen-bond donors (Lipinski definition) is 1. The van der Waals surface area contributed by atoms with Gasteiger partial charge in [0.15, 0.2) is 5.69 Å². The van der Waals surface area contributed by atoms with E-state index in [1.807, 2.05) is 22.6 Å². The van der Waals surface area contributed by atoms with Crippen molar-refractivity contribution in [2.45, 2.75) is 0 Å². The molecule has 82 valence electrons. The maximum Gasteiger partial charge on any atom is 0.362 e. The van der Waals surface area contributed by atoms with E-state index in [1.165, 1.54) is 0 Å². The molecule has 1 aromatic carbocycles. The number of nitrogens with zero attached hydrogens (tertiary/aromatic N) is 1. The summed E-state index contributed by atoms with van der Waals surface area (Å²) in [5.41, 5.74) is 0.364. The highest BCUT2D eigenvalue weighted by Gasteiger charge is 2.14. The summed E-state index contributed by atoms with van der Waals surface area (Å²) in [6.07, 6.45) is 1.57. The van der Waals surface area contributed by atoms with Gasteiger partial charge in [-0.3, -0.25) is 5.10 Å². The predicted molar refractivity (Wildman–Crippen MR) is 70.4 cm³/mol. The Hall–Kier alpha value is -0.890. The minimum Gasteiger partial charge on any atom is -0.422 e. The van der Waals surface area contributed by atoms with E-state index in [4.69, 9.17) is 4.74 Å². The van der Waals surface area contributed by atoms with Crippen molar-refractivity contribution in [3.05, 3.63) is 44.2 Å². The lowest BCUT2D eigenvalue weighted by Crippen LogP contribution is -2.10. The first-order valence-electron chi connectivity index (χ1n) is 4.33. The van der Waals surface area contributed by atoms with E-state index in [2.05, 4.69) is 26.1 Å². The molecule has 0 spiro atoms. The van der Waals surface area contributed by atoms with E-state index >= 15 is 0 Å². The molecule has 4 nitrogen and oxygen atoms in total. The highest BCUT2D eigenvalue weighted by molar-refractivity contribution is 14.1.